The van der Waals surface area contributed by atoms with Crippen LogP contribution in [-0.4, -0.2) is 0 Å². The monoisotopic (exact) mass is 324 g/mol. The van der Waals surface area contributed by atoms with Gasteiger partial charge in [0.25, 0.3) is 0 Å². The van der Waals surface area contributed by atoms with E-state index in [4.69, 9.17) is 0 Å². The second kappa shape index (κ2) is 4.30. The van der Waals surface area contributed by atoms with E-state index in [2.05, 4.69) is 0 Å². The minimum atomic E-state index is -9.62. The Morgan fingerprint density at radius 3 is 1.38 bits per heavy atom. The fourth-order valence-electron chi connectivity index (χ4n) is 1.60. The fraction of sp³-hybridized carbons (Fsp3) is 0. The van der Waals surface area contributed by atoms with Crippen molar-refractivity contribution >= 4 is 22.4 Å². The van der Waals surface area contributed by atoms with Gasteiger partial charge in [0, 0.05) is 0 Å². The number of benzene rings is 2. The molecular weight excluding hydrogens is 314 g/mol. The van der Waals surface area contributed by atoms with E-state index in [0.717, 1.165) is 12.1 Å². The summed E-state index contributed by atoms with van der Waals surface area (Å²) in [4.78, 5) is -1.92. The molecular formula is C14H10F6S. The quantitative estimate of drug-likeness (QED) is 0.438. The predicted molar refractivity (Wildman–Crippen MR) is 73.2 cm³/mol. The Bertz CT molecular complexity index is 668. The van der Waals surface area contributed by atoms with Gasteiger partial charge in [-0.3, -0.25) is 0 Å². The molecule has 0 radical (unpaired) electrons. The molecule has 0 nitrogen and oxygen atoms in total. The average Bonchev–Trinajstić information content (AvgIpc) is 2.36. The molecule has 21 heavy (non-hydrogen) atoms. The largest absolute Gasteiger partial charge is 0.310 e. The molecule has 0 fully saturated rings. The second-order valence-corrected chi connectivity index (χ2v) is 6.83. The van der Waals surface area contributed by atoms with Gasteiger partial charge >= 0.3 is 10.2 Å². The van der Waals surface area contributed by atoms with Crippen molar-refractivity contribution in [3.05, 3.63) is 65.5 Å². The van der Waals surface area contributed by atoms with E-state index in [9.17, 15) is 23.8 Å². The maximum Gasteiger partial charge on any atom is 0.310 e. The lowest BCUT2D eigenvalue weighted by atomic mass is 10.1. The average molecular weight is 324 g/mol. The smallest absolute Gasteiger partial charge is 0.207 e. The molecule has 7 heteroatoms. The van der Waals surface area contributed by atoms with Crippen LogP contribution in [-0.2, 0) is 0 Å². The molecule has 0 aliphatic rings. The zero-order chi connectivity index (χ0) is 15.8. The predicted octanol–water partition coefficient (Wildman–Crippen LogP) is 6.65. The van der Waals surface area contributed by atoms with Crippen LogP contribution in [0.25, 0.3) is 12.2 Å². The first-order valence-corrected chi connectivity index (χ1v) is 7.67. The summed E-state index contributed by atoms with van der Waals surface area (Å²) in [7, 11) is -9.62. The zero-order valence-corrected chi connectivity index (χ0v) is 11.3. The van der Waals surface area contributed by atoms with Crippen molar-refractivity contribution in [2.75, 3.05) is 0 Å². The highest BCUT2D eigenvalue weighted by molar-refractivity contribution is 8.45. The second-order valence-electron chi connectivity index (χ2n) is 4.42. The Hall–Kier alpha value is -1.89. The molecule has 2 aromatic carbocycles. The van der Waals surface area contributed by atoms with E-state index in [1.807, 2.05) is 0 Å². The van der Waals surface area contributed by atoms with Gasteiger partial charge in [0.15, 0.2) is 0 Å². The van der Waals surface area contributed by atoms with Gasteiger partial charge in [-0.05, 0) is 35.4 Å². The Morgan fingerprint density at radius 2 is 1.00 bits per heavy atom. The third kappa shape index (κ3) is 4.29. The molecule has 0 bridgehead atoms. The number of rotatable bonds is 3. The zero-order valence-electron chi connectivity index (χ0n) is 10.4. The SMILES string of the molecule is Fc1ccc(/C=C/c2ccc(S(F)(F)(F)(F)F)cc2)cc1. The molecule has 2 rings (SSSR count). The highest BCUT2D eigenvalue weighted by atomic mass is 32.5. The highest BCUT2D eigenvalue weighted by Crippen LogP contribution is 3.02. The molecule has 0 N–H and O–H groups in total. The standard InChI is InChI=1S/C14H10F6S/c15-13-7-3-11(4-8-13)1-2-12-5-9-14(10-6-12)21(16,17,18,19)20/h1-10H/b2-1+. The number of hydrogen-bond acceptors (Lipinski definition) is 0. The minimum Gasteiger partial charge on any atom is -0.207 e. The summed E-state index contributed by atoms with van der Waals surface area (Å²) in [6.07, 6.45) is 2.98. The van der Waals surface area contributed by atoms with Crippen LogP contribution in [0.15, 0.2) is 53.4 Å². The Labute approximate surface area is 117 Å². The molecule has 0 spiro atoms. The van der Waals surface area contributed by atoms with Gasteiger partial charge in [-0.25, -0.2) is 4.39 Å². The Kier molecular flexibility index (Phi) is 3.17. The lowest BCUT2D eigenvalue weighted by Crippen LogP contribution is -2.05. The summed E-state index contributed by atoms with van der Waals surface area (Å²) in [6, 6.07) is 8.04. The first-order chi connectivity index (χ1) is 9.44. The Balaban J connectivity index is 2.23. The summed E-state index contributed by atoms with van der Waals surface area (Å²) >= 11 is 0. The third-order valence-corrected chi connectivity index (χ3v) is 3.83. The maximum absolute atomic E-state index is 12.7. The molecule has 0 aliphatic carbocycles. The van der Waals surface area contributed by atoms with Crippen molar-refractivity contribution in [2.45, 2.75) is 4.90 Å². The number of halogens is 6. The Morgan fingerprint density at radius 1 is 0.619 bits per heavy atom. The summed E-state index contributed by atoms with van der Waals surface area (Å²) < 4.78 is 75.3. The van der Waals surface area contributed by atoms with E-state index in [1.54, 1.807) is 0 Å². The van der Waals surface area contributed by atoms with E-state index >= 15 is 0 Å². The summed E-state index contributed by atoms with van der Waals surface area (Å²) in [5.41, 5.74) is 0.957. The number of hydrogen-bond donors (Lipinski definition) is 0. The van der Waals surface area contributed by atoms with Crippen LogP contribution in [0.1, 0.15) is 11.1 Å². The minimum absolute atomic E-state index is 0.324. The van der Waals surface area contributed by atoms with Gasteiger partial charge in [0.1, 0.15) is 10.7 Å². The normalized spacial score (nSPS) is 15.7. The molecule has 0 saturated heterocycles. The van der Waals surface area contributed by atoms with Crippen LogP contribution in [0.5, 0.6) is 0 Å². The van der Waals surface area contributed by atoms with Crippen LogP contribution in [0.4, 0.5) is 23.8 Å². The molecule has 0 atom stereocenters. The van der Waals surface area contributed by atoms with Crippen molar-refractivity contribution in [3.63, 3.8) is 0 Å². The van der Waals surface area contributed by atoms with Crippen LogP contribution in [0.3, 0.4) is 0 Å². The van der Waals surface area contributed by atoms with Gasteiger partial charge in [0.2, 0.25) is 0 Å². The van der Waals surface area contributed by atoms with E-state index in [0.29, 0.717) is 23.3 Å². The van der Waals surface area contributed by atoms with Gasteiger partial charge in [-0.15, -0.1) is 0 Å². The molecule has 114 valence electrons. The summed E-state index contributed by atoms with van der Waals surface area (Å²) in [5, 5.41) is 0. The van der Waals surface area contributed by atoms with Gasteiger partial charge in [0.05, 0.1) is 0 Å². The molecule has 0 aromatic heterocycles. The molecule has 0 saturated carbocycles. The first-order valence-electron chi connectivity index (χ1n) is 5.72. The van der Waals surface area contributed by atoms with Crippen LogP contribution < -0.4 is 0 Å². The van der Waals surface area contributed by atoms with Crippen molar-refractivity contribution < 1.29 is 23.8 Å². The topological polar surface area (TPSA) is 0 Å². The lowest BCUT2D eigenvalue weighted by molar-refractivity contribution is 0.364. The summed E-state index contributed by atoms with van der Waals surface area (Å²) in [6.45, 7) is 0. The highest BCUT2D eigenvalue weighted by Gasteiger charge is 2.65. The van der Waals surface area contributed by atoms with Crippen LogP contribution in [0.2, 0.25) is 0 Å². The van der Waals surface area contributed by atoms with E-state index in [-0.39, 0.29) is 0 Å². The lowest BCUT2D eigenvalue weighted by Gasteiger charge is -2.40. The van der Waals surface area contributed by atoms with Crippen molar-refractivity contribution in [1.29, 1.82) is 0 Å². The van der Waals surface area contributed by atoms with Crippen molar-refractivity contribution in [3.8, 4) is 0 Å². The van der Waals surface area contributed by atoms with Crippen LogP contribution in [0, 0.1) is 5.82 Å². The molecule has 0 heterocycles. The molecule has 0 amide bonds. The van der Waals surface area contributed by atoms with Crippen molar-refractivity contribution in [2.24, 2.45) is 0 Å². The van der Waals surface area contributed by atoms with Crippen LogP contribution >= 0.6 is 10.2 Å². The van der Waals surface area contributed by atoms with Gasteiger partial charge in [-0.1, -0.05) is 55.8 Å². The van der Waals surface area contributed by atoms with Gasteiger partial charge in [-0.2, -0.15) is 0 Å². The first kappa shape index (κ1) is 15.5. The molecule has 0 aliphatic heterocycles. The van der Waals surface area contributed by atoms with Crippen molar-refractivity contribution in [1.82, 2.24) is 0 Å². The maximum atomic E-state index is 12.7. The van der Waals surface area contributed by atoms with E-state index < -0.39 is 20.9 Å². The van der Waals surface area contributed by atoms with Gasteiger partial charge < -0.3 is 0 Å². The third-order valence-electron chi connectivity index (χ3n) is 2.66. The summed E-state index contributed by atoms with van der Waals surface area (Å²) in [5.74, 6) is -0.410. The fourth-order valence-corrected chi connectivity index (χ4v) is 2.25. The molecule has 0 unspecified atom stereocenters. The molecule has 2 aromatic rings. The van der Waals surface area contributed by atoms with E-state index in [1.165, 1.54) is 36.4 Å².